The summed E-state index contributed by atoms with van der Waals surface area (Å²) in [6.45, 7) is 1.52. The normalized spacial score (nSPS) is 13.0. The highest BCUT2D eigenvalue weighted by Crippen LogP contribution is 2.20. The van der Waals surface area contributed by atoms with Crippen LogP contribution in [0.25, 0.3) is 0 Å². The van der Waals surface area contributed by atoms with Crippen molar-refractivity contribution in [3.8, 4) is 0 Å². The van der Waals surface area contributed by atoms with E-state index in [0.717, 1.165) is 5.56 Å². The minimum Gasteiger partial charge on any atom is -0.382 e. The number of hydrogen-bond donors (Lipinski definition) is 1. The lowest BCUT2D eigenvalue weighted by molar-refractivity contribution is 0.0409. The number of rotatable bonds is 6. The maximum absolute atomic E-state index is 12.7. The number of ketones is 2. The molecule has 0 aliphatic heterocycles. The summed E-state index contributed by atoms with van der Waals surface area (Å²) in [5, 5.41) is 10.6. The minimum absolute atomic E-state index is 0.0966. The Morgan fingerprint density at radius 1 is 0.731 bits per heavy atom. The Morgan fingerprint density at radius 2 is 1.19 bits per heavy atom. The molecule has 130 valence electrons. The lowest BCUT2D eigenvalue weighted by atomic mass is 9.88. The van der Waals surface area contributed by atoms with Crippen LogP contribution in [0.4, 0.5) is 0 Å². The number of aliphatic hydroxyl groups is 1. The summed E-state index contributed by atoms with van der Waals surface area (Å²) in [5.74, 6) is -0.458. The molecule has 0 amide bonds. The average molecular weight is 344 g/mol. The van der Waals surface area contributed by atoms with Gasteiger partial charge in [0.1, 0.15) is 5.60 Å². The largest absolute Gasteiger partial charge is 0.382 e. The first-order valence-electron chi connectivity index (χ1n) is 8.48. The van der Waals surface area contributed by atoms with Crippen molar-refractivity contribution in [3.63, 3.8) is 0 Å². The van der Waals surface area contributed by atoms with E-state index in [1.807, 2.05) is 48.5 Å². The van der Waals surface area contributed by atoms with Crippen molar-refractivity contribution in [2.45, 2.75) is 18.9 Å². The zero-order chi connectivity index (χ0) is 18.6. The molecule has 3 aromatic rings. The third-order valence-electron chi connectivity index (χ3n) is 4.33. The van der Waals surface area contributed by atoms with E-state index >= 15 is 0 Å². The second kappa shape index (κ2) is 7.46. The van der Waals surface area contributed by atoms with E-state index < -0.39 is 5.60 Å². The Balaban J connectivity index is 1.77. The number of hydrogen-bond acceptors (Lipinski definition) is 3. The van der Waals surface area contributed by atoms with Crippen LogP contribution < -0.4 is 0 Å². The topological polar surface area (TPSA) is 54.4 Å². The highest BCUT2D eigenvalue weighted by atomic mass is 16.3. The smallest absolute Gasteiger partial charge is 0.194 e. The third kappa shape index (κ3) is 3.95. The molecule has 0 saturated carbocycles. The van der Waals surface area contributed by atoms with Crippen LogP contribution >= 0.6 is 0 Å². The van der Waals surface area contributed by atoms with E-state index in [9.17, 15) is 14.7 Å². The fourth-order valence-electron chi connectivity index (χ4n) is 2.91. The van der Waals surface area contributed by atoms with Gasteiger partial charge in [-0.15, -0.1) is 0 Å². The molecular weight excluding hydrogens is 324 g/mol. The Labute approximate surface area is 152 Å². The van der Waals surface area contributed by atoms with Gasteiger partial charge in [-0.3, -0.25) is 9.59 Å². The Kier molecular flexibility index (Phi) is 5.10. The van der Waals surface area contributed by atoms with E-state index in [4.69, 9.17) is 0 Å². The number of Topliss-reactive ketones (excluding diaryl/α,β-unsaturated/α-hetero) is 1. The minimum atomic E-state index is -1.51. The number of benzene rings is 3. The van der Waals surface area contributed by atoms with Gasteiger partial charge < -0.3 is 5.11 Å². The van der Waals surface area contributed by atoms with E-state index in [0.29, 0.717) is 16.7 Å². The Bertz CT molecular complexity index is 895. The van der Waals surface area contributed by atoms with Crippen LogP contribution in [0.15, 0.2) is 84.9 Å². The molecule has 1 atom stereocenters. The lowest BCUT2D eigenvalue weighted by Crippen LogP contribution is -2.37. The number of carbonyl (C=O) groups is 2. The summed E-state index contributed by atoms with van der Waals surface area (Å²) in [6.07, 6.45) is 0.234. The predicted octanol–water partition coefficient (Wildman–Crippen LogP) is 4.09. The molecule has 1 N–H and O–H groups in total. The molecule has 3 aromatic carbocycles. The molecule has 3 rings (SSSR count). The highest BCUT2D eigenvalue weighted by molar-refractivity contribution is 6.09. The van der Waals surface area contributed by atoms with Crippen molar-refractivity contribution < 1.29 is 14.7 Å². The fraction of sp³-hybridized carbons (Fsp3) is 0.130. The molecule has 0 spiro atoms. The standard InChI is InChI=1S/C23H20O3/c1-23(26,16-17-8-4-2-5-9-17)22(25)20-14-12-19(13-15-20)21(24)18-10-6-3-7-11-18/h2-15,26H,16H2,1H3. The third-order valence-corrected chi connectivity index (χ3v) is 4.33. The van der Waals surface area contributed by atoms with Gasteiger partial charge in [-0.1, -0.05) is 84.9 Å². The molecule has 0 radical (unpaired) electrons. The molecule has 0 aromatic heterocycles. The summed E-state index contributed by atoms with van der Waals surface area (Å²) in [6, 6.07) is 24.8. The monoisotopic (exact) mass is 344 g/mol. The highest BCUT2D eigenvalue weighted by Gasteiger charge is 2.31. The van der Waals surface area contributed by atoms with Gasteiger partial charge in [-0.2, -0.15) is 0 Å². The van der Waals surface area contributed by atoms with Gasteiger partial charge in [-0.25, -0.2) is 0 Å². The van der Waals surface area contributed by atoms with Crippen LogP contribution in [-0.4, -0.2) is 22.3 Å². The first kappa shape index (κ1) is 17.8. The van der Waals surface area contributed by atoms with Crippen LogP contribution in [0.3, 0.4) is 0 Å². The second-order valence-electron chi connectivity index (χ2n) is 6.54. The van der Waals surface area contributed by atoms with Gasteiger partial charge in [0.25, 0.3) is 0 Å². The van der Waals surface area contributed by atoms with Crippen molar-refractivity contribution in [1.29, 1.82) is 0 Å². The second-order valence-corrected chi connectivity index (χ2v) is 6.54. The zero-order valence-corrected chi connectivity index (χ0v) is 14.6. The summed E-state index contributed by atoms with van der Waals surface area (Å²) in [7, 11) is 0. The van der Waals surface area contributed by atoms with E-state index in [1.54, 1.807) is 36.4 Å². The van der Waals surface area contributed by atoms with Gasteiger partial charge in [0, 0.05) is 23.1 Å². The maximum Gasteiger partial charge on any atom is 0.194 e. The van der Waals surface area contributed by atoms with Crippen molar-refractivity contribution in [3.05, 3.63) is 107 Å². The van der Waals surface area contributed by atoms with Crippen molar-refractivity contribution in [2.24, 2.45) is 0 Å². The summed E-state index contributed by atoms with van der Waals surface area (Å²) >= 11 is 0. The molecule has 0 aliphatic rings. The molecular formula is C23H20O3. The summed E-state index contributed by atoms with van der Waals surface area (Å²) < 4.78 is 0. The average Bonchev–Trinajstić information content (AvgIpc) is 2.68. The van der Waals surface area contributed by atoms with Crippen LogP contribution in [0, 0.1) is 0 Å². The Morgan fingerprint density at radius 3 is 1.77 bits per heavy atom. The first-order valence-corrected chi connectivity index (χ1v) is 8.48. The molecule has 0 bridgehead atoms. The SMILES string of the molecule is CC(O)(Cc1ccccc1)C(=O)c1ccc(C(=O)c2ccccc2)cc1. The Hall–Kier alpha value is -3.04. The molecule has 0 fully saturated rings. The molecule has 3 heteroatoms. The van der Waals surface area contributed by atoms with Crippen molar-refractivity contribution in [1.82, 2.24) is 0 Å². The van der Waals surface area contributed by atoms with Crippen LogP contribution in [0.2, 0.25) is 0 Å². The van der Waals surface area contributed by atoms with Gasteiger partial charge >= 0.3 is 0 Å². The molecule has 26 heavy (non-hydrogen) atoms. The first-order chi connectivity index (χ1) is 12.5. The fourth-order valence-corrected chi connectivity index (χ4v) is 2.91. The quantitative estimate of drug-likeness (QED) is 0.685. The summed E-state index contributed by atoms with van der Waals surface area (Å²) in [5.41, 5.74) is 0.877. The molecule has 0 saturated heterocycles. The summed E-state index contributed by atoms with van der Waals surface area (Å²) in [4.78, 5) is 25.1. The van der Waals surface area contributed by atoms with Gasteiger partial charge in [-0.05, 0) is 12.5 Å². The number of carbonyl (C=O) groups excluding carboxylic acids is 2. The van der Waals surface area contributed by atoms with E-state index in [-0.39, 0.29) is 18.0 Å². The van der Waals surface area contributed by atoms with E-state index in [1.165, 1.54) is 6.92 Å². The zero-order valence-electron chi connectivity index (χ0n) is 14.6. The van der Waals surface area contributed by atoms with Gasteiger partial charge in [0.2, 0.25) is 0 Å². The predicted molar refractivity (Wildman–Crippen MR) is 101 cm³/mol. The molecule has 0 heterocycles. The van der Waals surface area contributed by atoms with Crippen LogP contribution in [0.5, 0.6) is 0 Å². The van der Waals surface area contributed by atoms with Gasteiger partial charge in [0.15, 0.2) is 11.6 Å². The van der Waals surface area contributed by atoms with Crippen molar-refractivity contribution >= 4 is 11.6 Å². The lowest BCUT2D eigenvalue weighted by Gasteiger charge is -2.22. The van der Waals surface area contributed by atoms with Gasteiger partial charge in [0.05, 0.1) is 0 Å². The van der Waals surface area contributed by atoms with E-state index in [2.05, 4.69) is 0 Å². The van der Waals surface area contributed by atoms with Crippen LogP contribution in [-0.2, 0) is 6.42 Å². The molecule has 0 aliphatic carbocycles. The molecule has 3 nitrogen and oxygen atoms in total. The maximum atomic E-state index is 12.7. The van der Waals surface area contributed by atoms with Crippen molar-refractivity contribution in [2.75, 3.05) is 0 Å². The van der Waals surface area contributed by atoms with Crippen LogP contribution in [0.1, 0.15) is 38.8 Å². The molecule has 1 unspecified atom stereocenters.